The van der Waals surface area contributed by atoms with Crippen LogP contribution in [0.1, 0.15) is 35.7 Å². The van der Waals surface area contributed by atoms with Gasteiger partial charge in [-0.3, -0.25) is 4.79 Å². The Kier molecular flexibility index (Phi) is 8.22. The van der Waals surface area contributed by atoms with Gasteiger partial charge in [-0.05, 0) is 81.6 Å². The summed E-state index contributed by atoms with van der Waals surface area (Å²) in [4.78, 5) is 12.5. The van der Waals surface area contributed by atoms with Crippen LogP contribution in [0.3, 0.4) is 0 Å². The van der Waals surface area contributed by atoms with E-state index in [1.54, 1.807) is 43.3 Å². The van der Waals surface area contributed by atoms with E-state index in [0.29, 0.717) is 22.7 Å². The number of anilines is 1. The summed E-state index contributed by atoms with van der Waals surface area (Å²) in [5.41, 5.74) is 1.84. The molecule has 1 atom stereocenters. The van der Waals surface area contributed by atoms with Crippen molar-refractivity contribution in [3.05, 3.63) is 59.7 Å². The Hall–Kier alpha value is -1.93. The van der Waals surface area contributed by atoms with Crippen LogP contribution in [0.15, 0.2) is 53.4 Å². The van der Waals surface area contributed by atoms with Crippen molar-refractivity contribution in [2.75, 3.05) is 18.4 Å². The van der Waals surface area contributed by atoms with Crippen molar-refractivity contribution in [2.24, 2.45) is 5.92 Å². The quantitative estimate of drug-likeness (QED) is 0.646. The summed E-state index contributed by atoms with van der Waals surface area (Å²) in [6, 6.07) is 13.6. The summed E-state index contributed by atoms with van der Waals surface area (Å²) in [5.74, 6) is 0.110. The molecule has 1 amide bonds. The van der Waals surface area contributed by atoms with Crippen LogP contribution < -0.4 is 15.4 Å². The summed E-state index contributed by atoms with van der Waals surface area (Å²) in [7, 11) is -3.61. The fraction of sp³-hybridized carbons (Fsp3) is 0.381. The molecule has 8 heteroatoms. The fourth-order valence-corrected chi connectivity index (χ4v) is 4.88. The predicted octanol–water partition coefficient (Wildman–Crippen LogP) is 3.34. The molecule has 1 heterocycles. The number of aryl methyl sites for hydroxylation is 1. The maximum atomic E-state index is 12.8. The Balaban J connectivity index is 0.00000300. The zero-order chi connectivity index (χ0) is 20.1. The Bertz CT molecular complexity index is 929. The van der Waals surface area contributed by atoms with Crippen molar-refractivity contribution in [1.82, 2.24) is 10.0 Å². The van der Waals surface area contributed by atoms with Crippen molar-refractivity contribution in [1.29, 1.82) is 0 Å². The van der Waals surface area contributed by atoms with Crippen LogP contribution in [0.4, 0.5) is 5.69 Å². The number of amides is 1. The molecule has 0 aliphatic carbocycles. The zero-order valence-electron chi connectivity index (χ0n) is 16.6. The highest BCUT2D eigenvalue weighted by Gasteiger charge is 2.25. The molecule has 158 valence electrons. The smallest absolute Gasteiger partial charge is 0.255 e. The fourth-order valence-electron chi connectivity index (χ4n) is 3.48. The number of hydrogen-bond donors (Lipinski definition) is 3. The Labute approximate surface area is 178 Å². The highest BCUT2D eigenvalue weighted by molar-refractivity contribution is 7.89. The average Bonchev–Trinajstić information content (AvgIpc) is 2.70. The highest BCUT2D eigenvalue weighted by Crippen LogP contribution is 2.22. The van der Waals surface area contributed by atoms with Gasteiger partial charge in [0.05, 0.1) is 4.90 Å². The second-order valence-electron chi connectivity index (χ2n) is 7.29. The minimum absolute atomic E-state index is 0. The molecule has 0 aromatic heterocycles. The van der Waals surface area contributed by atoms with E-state index in [2.05, 4.69) is 15.4 Å². The third kappa shape index (κ3) is 6.02. The maximum absolute atomic E-state index is 12.8. The summed E-state index contributed by atoms with van der Waals surface area (Å²) >= 11 is 0. The van der Waals surface area contributed by atoms with Crippen LogP contribution in [-0.4, -0.2) is 33.5 Å². The van der Waals surface area contributed by atoms with E-state index < -0.39 is 10.0 Å². The predicted molar refractivity (Wildman–Crippen MR) is 118 cm³/mol. The maximum Gasteiger partial charge on any atom is 0.255 e. The molecule has 0 radical (unpaired) electrons. The molecule has 29 heavy (non-hydrogen) atoms. The van der Waals surface area contributed by atoms with Crippen molar-refractivity contribution in [3.8, 4) is 0 Å². The molecule has 0 unspecified atom stereocenters. The number of piperidine rings is 1. The van der Waals surface area contributed by atoms with Gasteiger partial charge in [0, 0.05) is 17.3 Å². The van der Waals surface area contributed by atoms with Crippen LogP contribution in [0.5, 0.6) is 0 Å². The normalized spacial score (nSPS) is 15.9. The minimum Gasteiger partial charge on any atom is -0.322 e. The van der Waals surface area contributed by atoms with E-state index in [9.17, 15) is 13.2 Å². The van der Waals surface area contributed by atoms with Crippen LogP contribution in [0, 0.1) is 12.8 Å². The van der Waals surface area contributed by atoms with Crippen molar-refractivity contribution in [3.63, 3.8) is 0 Å². The van der Waals surface area contributed by atoms with Gasteiger partial charge in [0.2, 0.25) is 10.0 Å². The van der Waals surface area contributed by atoms with E-state index >= 15 is 0 Å². The van der Waals surface area contributed by atoms with Crippen LogP contribution in [-0.2, 0) is 10.0 Å². The summed E-state index contributed by atoms with van der Waals surface area (Å²) in [5, 5.41) is 6.13. The van der Waals surface area contributed by atoms with Crippen molar-refractivity contribution in [2.45, 2.75) is 37.6 Å². The van der Waals surface area contributed by atoms with Crippen LogP contribution in [0.25, 0.3) is 0 Å². The molecule has 3 rings (SSSR count). The van der Waals surface area contributed by atoms with E-state index in [1.807, 2.05) is 13.0 Å². The molecular formula is C21H28ClN3O3S. The summed E-state index contributed by atoms with van der Waals surface area (Å²) in [6.45, 7) is 5.56. The number of rotatable bonds is 6. The van der Waals surface area contributed by atoms with Crippen LogP contribution >= 0.6 is 12.4 Å². The van der Waals surface area contributed by atoms with Gasteiger partial charge in [-0.1, -0.05) is 18.2 Å². The molecular weight excluding hydrogens is 410 g/mol. The van der Waals surface area contributed by atoms with Gasteiger partial charge in [-0.15, -0.1) is 12.4 Å². The minimum atomic E-state index is -3.61. The Morgan fingerprint density at radius 2 is 1.76 bits per heavy atom. The van der Waals surface area contributed by atoms with Crippen LogP contribution in [0.2, 0.25) is 0 Å². The first kappa shape index (κ1) is 23.3. The number of sulfonamides is 1. The lowest BCUT2D eigenvalue weighted by molar-refractivity contribution is 0.102. The average molecular weight is 438 g/mol. The number of halogens is 1. The van der Waals surface area contributed by atoms with Gasteiger partial charge >= 0.3 is 0 Å². The molecule has 0 saturated carbocycles. The number of carbonyl (C=O) groups excluding carboxylic acids is 1. The van der Waals surface area contributed by atoms with Gasteiger partial charge in [-0.2, -0.15) is 0 Å². The second kappa shape index (κ2) is 10.2. The Morgan fingerprint density at radius 3 is 2.38 bits per heavy atom. The van der Waals surface area contributed by atoms with E-state index in [4.69, 9.17) is 0 Å². The van der Waals surface area contributed by atoms with Gasteiger partial charge < -0.3 is 10.6 Å². The number of nitrogens with one attached hydrogen (secondary N) is 3. The van der Waals surface area contributed by atoms with Crippen molar-refractivity contribution < 1.29 is 13.2 Å². The number of carbonyl (C=O) groups is 1. The van der Waals surface area contributed by atoms with Gasteiger partial charge in [0.1, 0.15) is 0 Å². The lowest BCUT2D eigenvalue weighted by atomic mass is 9.92. The lowest BCUT2D eigenvalue weighted by Crippen LogP contribution is -2.42. The van der Waals surface area contributed by atoms with E-state index in [1.165, 1.54) is 6.07 Å². The lowest BCUT2D eigenvalue weighted by Gasteiger charge is -2.28. The third-order valence-corrected chi connectivity index (χ3v) is 6.78. The molecule has 1 fully saturated rings. The number of hydrogen-bond acceptors (Lipinski definition) is 4. The SMILES string of the molecule is Cc1cc(S(=O)(=O)N[C@H](C)C2CCNCC2)ccc1NC(=O)c1ccccc1.Cl. The summed E-state index contributed by atoms with van der Waals surface area (Å²) < 4.78 is 28.4. The highest BCUT2D eigenvalue weighted by atomic mass is 35.5. The Morgan fingerprint density at radius 1 is 1.10 bits per heavy atom. The zero-order valence-corrected chi connectivity index (χ0v) is 18.3. The molecule has 1 saturated heterocycles. The van der Waals surface area contributed by atoms with Gasteiger partial charge in [-0.25, -0.2) is 13.1 Å². The first-order chi connectivity index (χ1) is 13.4. The summed E-state index contributed by atoms with van der Waals surface area (Å²) in [6.07, 6.45) is 1.93. The monoisotopic (exact) mass is 437 g/mol. The van der Waals surface area contributed by atoms with Gasteiger partial charge in [0.15, 0.2) is 0 Å². The topological polar surface area (TPSA) is 87.3 Å². The molecule has 0 bridgehead atoms. The first-order valence-electron chi connectivity index (χ1n) is 9.57. The van der Waals surface area contributed by atoms with E-state index in [-0.39, 0.29) is 29.3 Å². The van der Waals surface area contributed by atoms with E-state index in [0.717, 1.165) is 25.9 Å². The first-order valence-corrected chi connectivity index (χ1v) is 11.1. The molecule has 1 aliphatic rings. The van der Waals surface area contributed by atoms with Gasteiger partial charge in [0.25, 0.3) is 5.91 Å². The molecule has 2 aromatic rings. The van der Waals surface area contributed by atoms with Crippen molar-refractivity contribution >= 4 is 34.0 Å². The largest absolute Gasteiger partial charge is 0.322 e. The second-order valence-corrected chi connectivity index (χ2v) is 9.01. The molecule has 0 spiro atoms. The molecule has 2 aromatic carbocycles. The molecule has 3 N–H and O–H groups in total. The third-order valence-electron chi connectivity index (χ3n) is 5.22. The molecule has 6 nitrogen and oxygen atoms in total. The number of benzene rings is 2. The molecule has 1 aliphatic heterocycles. The standard InChI is InChI=1S/C21H27N3O3S.ClH/c1-15-14-19(28(26,27)24-16(2)17-10-12-22-13-11-17)8-9-20(15)23-21(25)18-6-4-3-5-7-18;/h3-9,14,16-17,22,24H,10-13H2,1-2H3,(H,23,25);1H/t16-;/m1./s1.